The van der Waals surface area contributed by atoms with Gasteiger partial charge in [-0.05, 0) is 24.6 Å². The fourth-order valence-corrected chi connectivity index (χ4v) is 2.41. The maximum Gasteiger partial charge on any atom is 0.0713 e. The van der Waals surface area contributed by atoms with E-state index in [1.807, 2.05) is 25.3 Å². The molecule has 0 aliphatic rings. The number of nitrogens with one attached hydrogen (secondary N) is 2. The quantitative estimate of drug-likeness (QED) is 0.657. The lowest BCUT2D eigenvalue weighted by molar-refractivity contribution is 0.784. The van der Waals surface area contributed by atoms with Crippen LogP contribution in [-0.2, 0) is 0 Å². The van der Waals surface area contributed by atoms with Crippen LogP contribution in [0.25, 0.3) is 10.9 Å². The Morgan fingerprint density at radius 3 is 2.89 bits per heavy atom. The van der Waals surface area contributed by atoms with Crippen LogP contribution in [0.15, 0.2) is 36.5 Å². The van der Waals surface area contributed by atoms with Gasteiger partial charge >= 0.3 is 0 Å². The molecule has 0 saturated carbocycles. The Balaban J connectivity index is 2.11. The molecule has 0 radical (unpaired) electrons. The summed E-state index contributed by atoms with van der Waals surface area (Å²) in [6.45, 7) is 2.55. The molecule has 2 heterocycles. The van der Waals surface area contributed by atoms with Gasteiger partial charge in [0.15, 0.2) is 0 Å². The van der Waals surface area contributed by atoms with Crippen LogP contribution in [0.1, 0.15) is 22.9 Å². The Morgan fingerprint density at radius 1 is 1.33 bits per heavy atom. The number of rotatable bonds is 3. The van der Waals surface area contributed by atoms with Gasteiger partial charge in [-0.15, -0.1) is 0 Å². The van der Waals surface area contributed by atoms with Gasteiger partial charge in [0.05, 0.1) is 5.69 Å². The Hall–Kier alpha value is -2.07. The van der Waals surface area contributed by atoms with Crippen LogP contribution in [0.4, 0.5) is 0 Å². The first-order valence-corrected chi connectivity index (χ1v) is 6.07. The molecule has 1 unspecified atom stereocenters. The standard InChI is InChI=1S/C14H16N4/c1-9-6-14(18-17-9)11(7-15)12-8-16-13-5-3-2-4-10(12)13/h2-6,8,11,16H,7,15H2,1H3,(H,17,18). The smallest absolute Gasteiger partial charge is 0.0713 e. The molecule has 0 bridgehead atoms. The molecular weight excluding hydrogens is 224 g/mol. The van der Waals surface area contributed by atoms with E-state index in [9.17, 15) is 0 Å². The van der Waals surface area contributed by atoms with E-state index in [1.54, 1.807) is 0 Å². The van der Waals surface area contributed by atoms with Gasteiger partial charge in [-0.25, -0.2) is 0 Å². The minimum Gasteiger partial charge on any atom is -0.361 e. The van der Waals surface area contributed by atoms with E-state index < -0.39 is 0 Å². The number of fused-ring (bicyclic) bond motifs is 1. The summed E-state index contributed by atoms with van der Waals surface area (Å²) in [5, 5.41) is 8.52. The Bertz CT molecular complexity index is 665. The van der Waals surface area contributed by atoms with Crippen molar-refractivity contribution in [3.05, 3.63) is 53.5 Å². The summed E-state index contributed by atoms with van der Waals surface area (Å²) in [5.74, 6) is 0.131. The first-order valence-electron chi connectivity index (χ1n) is 6.07. The molecule has 3 aromatic rings. The Kier molecular flexibility index (Phi) is 2.64. The second kappa shape index (κ2) is 4.31. The number of nitrogens with two attached hydrogens (primary N) is 1. The maximum absolute atomic E-state index is 5.93. The molecule has 0 aliphatic carbocycles. The maximum atomic E-state index is 5.93. The molecule has 4 N–H and O–H groups in total. The highest BCUT2D eigenvalue weighted by Crippen LogP contribution is 2.29. The molecule has 0 amide bonds. The van der Waals surface area contributed by atoms with Gasteiger partial charge < -0.3 is 10.7 Å². The zero-order valence-electron chi connectivity index (χ0n) is 10.3. The molecule has 0 spiro atoms. The number of H-pyrrole nitrogens is 2. The third-order valence-electron chi connectivity index (χ3n) is 3.32. The molecule has 4 nitrogen and oxygen atoms in total. The van der Waals surface area contributed by atoms with Crippen LogP contribution in [0.3, 0.4) is 0 Å². The monoisotopic (exact) mass is 240 g/mol. The number of aryl methyl sites for hydroxylation is 1. The normalized spacial score (nSPS) is 13.0. The van der Waals surface area contributed by atoms with Crippen molar-refractivity contribution in [1.82, 2.24) is 15.2 Å². The average molecular weight is 240 g/mol. The van der Waals surface area contributed by atoms with Crippen molar-refractivity contribution in [1.29, 1.82) is 0 Å². The minimum atomic E-state index is 0.131. The summed E-state index contributed by atoms with van der Waals surface area (Å²) in [7, 11) is 0. The Labute approximate surface area is 105 Å². The molecule has 18 heavy (non-hydrogen) atoms. The van der Waals surface area contributed by atoms with Crippen LogP contribution in [0.2, 0.25) is 0 Å². The molecule has 0 saturated heterocycles. The van der Waals surface area contributed by atoms with Gasteiger partial charge in [0, 0.05) is 35.3 Å². The van der Waals surface area contributed by atoms with Gasteiger partial charge in [-0.3, -0.25) is 5.10 Å². The van der Waals surface area contributed by atoms with E-state index in [4.69, 9.17) is 5.73 Å². The number of hydrogen-bond donors (Lipinski definition) is 3. The number of para-hydroxylation sites is 1. The zero-order chi connectivity index (χ0) is 12.5. The van der Waals surface area contributed by atoms with Crippen molar-refractivity contribution in [2.75, 3.05) is 6.54 Å². The van der Waals surface area contributed by atoms with Crippen LogP contribution in [0, 0.1) is 6.92 Å². The number of benzene rings is 1. The molecule has 0 aliphatic heterocycles. The molecule has 0 fully saturated rings. The second-order valence-corrected chi connectivity index (χ2v) is 4.55. The first-order chi connectivity index (χ1) is 8.79. The summed E-state index contributed by atoms with van der Waals surface area (Å²) in [5.41, 5.74) is 10.3. The number of hydrogen-bond acceptors (Lipinski definition) is 2. The van der Waals surface area contributed by atoms with Crippen molar-refractivity contribution in [3.8, 4) is 0 Å². The van der Waals surface area contributed by atoms with Gasteiger partial charge in [-0.2, -0.15) is 5.10 Å². The van der Waals surface area contributed by atoms with Crippen LogP contribution in [0.5, 0.6) is 0 Å². The molecule has 1 atom stereocenters. The summed E-state index contributed by atoms with van der Waals surface area (Å²) in [6, 6.07) is 10.3. The van der Waals surface area contributed by atoms with Gasteiger partial charge in [0.2, 0.25) is 0 Å². The summed E-state index contributed by atoms with van der Waals surface area (Å²) >= 11 is 0. The van der Waals surface area contributed by atoms with E-state index in [0.29, 0.717) is 6.54 Å². The highest BCUT2D eigenvalue weighted by molar-refractivity contribution is 5.84. The van der Waals surface area contributed by atoms with Crippen LogP contribution < -0.4 is 5.73 Å². The van der Waals surface area contributed by atoms with Crippen molar-refractivity contribution >= 4 is 10.9 Å². The summed E-state index contributed by atoms with van der Waals surface area (Å²) in [4.78, 5) is 3.29. The third-order valence-corrected chi connectivity index (χ3v) is 3.32. The van der Waals surface area contributed by atoms with Gasteiger partial charge in [-0.1, -0.05) is 18.2 Å². The van der Waals surface area contributed by atoms with E-state index in [-0.39, 0.29) is 5.92 Å². The fraction of sp³-hybridized carbons (Fsp3) is 0.214. The Morgan fingerprint density at radius 2 is 2.17 bits per heavy atom. The first kappa shape index (κ1) is 11.0. The zero-order valence-corrected chi connectivity index (χ0v) is 10.3. The highest BCUT2D eigenvalue weighted by atomic mass is 15.1. The largest absolute Gasteiger partial charge is 0.361 e. The van der Waals surface area contributed by atoms with Crippen molar-refractivity contribution in [2.45, 2.75) is 12.8 Å². The average Bonchev–Trinajstić information content (AvgIpc) is 2.98. The SMILES string of the molecule is Cc1cc(C(CN)c2c[nH]c3ccccc23)n[nH]1. The van der Waals surface area contributed by atoms with Crippen LogP contribution >= 0.6 is 0 Å². The van der Waals surface area contributed by atoms with E-state index in [2.05, 4.69) is 33.4 Å². The van der Waals surface area contributed by atoms with E-state index in [0.717, 1.165) is 16.9 Å². The second-order valence-electron chi connectivity index (χ2n) is 4.55. The molecule has 4 heteroatoms. The number of aromatic amines is 2. The topological polar surface area (TPSA) is 70.5 Å². The molecular formula is C14H16N4. The predicted octanol–water partition coefficient (Wildman–Crippen LogP) is 2.29. The van der Waals surface area contributed by atoms with Crippen molar-refractivity contribution < 1.29 is 0 Å². The molecule has 2 aromatic heterocycles. The highest BCUT2D eigenvalue weighted by Gasteiger charge is 2.18. The minimum absolute atomic E-state index is 0.131. The fourth-order valence-electron chi connectivity index (χ4n) is 2.41. The van der Waals surface area contributed by atoms with Gasteiger partial charge in [0.1, 0.15) is 0 Å². The molecule has 92 valence electrons. The van der Waals surface area contributed by atoms with Crippen LogP contribution in [-0.4, -0.2) is 21.7 Å². The predicted molar refractivity (Wildman–Crippen MR) is 72.5 cm³/mol. The molecule has 3 rings (SSSR count). The third kappa shape index (κ3) is 1.71. The summed E-state index contributed by atoms with van der Waals surface area (Å²) in [6.07, 6.45) is 2.03. The van der Waals surface area contributed by atoms with E-state index in [1.165, 1.54) is 10.9 Å². The number of nitrogens with zero attached hydrogens (tertiary/aromatic N) is 1. The lowest BCUT2D eigenvalue weighted by atomic mass is 9.95. The van der Waals surface area contributed by atoms with Gasteiger partial charge in [0.25, 0.3) is 0 Å². The van der Waals surface area contributed by atoms with Crippen molar-refractivity contribution in [2.24, 2.45) is 5.73 Å². The lowest BCUT2D eigenvalue weighted by Gasteiger charge is -2.11. The molecule has 1 aromatic carbocycles. The summed E-state index contributed by atoms with van der Waals surface area (Å²) < 4.78 is 0. The number of aromatic nitrogens is 3. The van der Waals surface area contributed by atoms with Crippen molar-refractivity contribution in [3.63, 3.8) is 0 Å². The van der Waals surface area contributed by atoms with E-state index >= 15 is 0 Å². The lowest BCUT2D eigenvalue weighted by Crippen LogP contribution is -2.14.